The molecule has 0 aromatic heterocycles. The van der Waals surface area contributed by atoms with Crippen molar-refractivity contribution in [1.82, 2.24) is 0 Å². The van der Waals surface area contributed by atoms with Crippen LogP contribution in [0.5, 0.6) is 11.5 Å². The lowest BCUT2D eigenvalue weighted by Crippen LogP contribution is -2.33. The topological polar surface area (TPSA) is 55.8 Å². The molecule has 5 nitrogen and oxygen atoms in total. The predicted octanol–water partition coefficient (Wildman–Crippen LogP) is 3.08. The molecule has 5 heteroatoms. The zero-order valence-electron chi connectivity index (χ0n) is 13.7. The Morgan fingerprint density at radius 1 is 0.958 bits per heavy atom. The Balaban J connectivity index is 1.59. The maximum absolute atomic E-state index is 12.1. The summed E-state index contributed by atoms with van der Waals surface area (Å²) in [5, 5.41) is 0. The maximum atomic E-state index is 12.1. The molecule has 24 heavy (non-hydrogen) atoms. The van der Waals surface area contributed by atoms with E-state index in [-0.39, 0.29) is 6.10 Å². The van der Waals surface area contributed by atoms with E-state index >= 15 is 0 Å². The molecule has 124 valence electrons. The van der Waals surface area contributed by atoms with Crippen LogP contribution in [0.3, 0.4) is 0 Å². The monoisotopic (exact) mass is 325 g/mol. The number of ketones is 1. The minimum absolute atomic E-state index is 0.121. The van der Waals surface area contributed by atoms with Crippen LogP contribution in [-0.2, 0) is 4.79 Å². The fourth-order valence-corrected chi connectivity index (χ4v) is 2.61. The molecular weight excluding hydrogens is 306 g/mol. The van der Waals surface area contributed by atoms with E-state index in [1.54, 1.807) is 18.2 Å². The van der Waals surface area contributed by atoms with E-state index < -0.39 is 11.7 Å². The molecule has 1 aliphatic heterocycles. The number of carbonyl (C=O) groups excluding carboxylic acids is 2. The van der Waals surface area contributed by atoms with Crippen molar-refractivity contribution in [2.45, 2.75) is 20.0 Å². The summed E-state index contributed by atoms with van der Waals surface area (Å²) in [4.78, 5) is 25.4. The molecule has 2 aromatic carbocycles. The third-order valence-electron chi connectivity index (χ3n) is 3.66. The first-order chi connectivity index (χ1) is 11.6. The van der Waals surface area contributed by atoms with Crippen molar-refractivity contribution < 1.29 is 19.1 Å². The Kier molecular flexibility index (Phi) is 4.51. The van der Waals surface area contributed by atoms with Crippen LogP contribution in [0.1, 0.15) is 24.2 Å². The highest BCUT2D eigenvalue weighted by Crippen LogP contribution is 2.28. The molecule has 0 saturated heterocycles. The molecule has 0 N–H and O–H groups in total. The molecule has 0 saturated carbocycles. The number of fused-ring (bicyclic) bond motifs is 1. The number of hydrogen-bond donors (Lipinski definition) is 0. The predicted molar refractivity (Wildman–Crippen MR) is 90.8 cm³/mol. The van der Waals surface area contributed by atoms with Gasteiger partial charge < -0.3 is 14.4 Å². The molecule has 0 radical (unpaired) electrons. The van der Waals surface area contributed by atoms with Crippen molar-refractivity contribution in [3.05, 3.63) is 54.1 Å². The lowest BCUT2D eigenvalue weighted by atomic mass is 10.1. The van der Waals surface area contributed by atoms with Crippen molar-refractivity contribution in [1.29, 1.82) is 0 Å². The fourth-order valence-electron chi connectivity index (χ4n) is 2.61. The van der Waals surface area contributed by atoms with E-state index in [1.165, 1.54) is 4.90 Å². The van der Waals surface area contributed by atoms with Gasteiger partial charge in [-0.3, -0.25) is 9.59 Å². The Morgan fingerprint density at radius 3 is 2.33 bits per heavy atom. The summed E-state index contributed by atoms with van der Waals surface area (Å²) in [6.07, 6.45) is 0.121. The van der Waals surface area contributed by atoms with Gasteiger partial charge in [-0.25, -0.2) is 0 Å². The van der Waals surface area contributed by atoms with Gasteiger partial charge in [0.25, 0.3) is 11.7 Å². The van der Waals surface area contributed by atoms with Gasteiger partial charge in [0.15, 0.2) is 0 Å². The van der Waals surface area contributed by atoms with Gasteiger partial charge in [-0.1, -0.05) is 12.1 Å². The normalized spacial score (nSPS) is 13.4. The highest BCUT2D eigenvalue weighted by molar-refractivity contribution is 6.52. The van der Waals surface area contributed by atoms with Gasteiger partial charge in [0.2, 0.25) is 0 Å². The molecule has 0 aliphatic carbocycles. The van der Waals surface area contributed by atoms with E-state index in [0.29, 0.717) is 30.2 Å². The van der Waals surface area contributed by atoms with Crippen LogP contribution in [0.2, 0.25) is 0 Å². The lowest BCUT2D eigenvalue weighted by molar-refractivity contribution is -0.114. The molecule has 0 fully saturated rings. The van der Waals surface area contributed by atoms with E-state index in [1.807, 2.05) is 44.2 Å². The summed E-state index contributed by atoms with van der Waals surface area (Å²) in [6.45, 7) is 4.57. The van der Waals surface area contributed by atoms with Crippen molar-refractivity contribution >= 4 is 17.4 Å². The quantitative estimate of drug-likeness (QED) is 0.766. The van der Waals surface area contributed by atoms with E-state index in [0.717, 1.165) is 5.75 Å². The smallest absolute Gasteiger partial charge is 0.299 e. The van der Waals surface area contributed by atoms with Gasteiger partial charge in [0.05, 0.1) is 23.9 Å². The lowest BCUT2D eigenvalue weighted by Gasteiger charge is -2.17. The molecule has 3 rings (SSSR count). The first-order valence-corrected chi connectivity index (χ1v) is 7.91. The second-order valence-electron chi connectivity index (χ2n) is 5.79. The zero-order chi connectivity index (χ0) is 17.1. The van der Waals surface area contributed by atoms with Gasteiger partial charge >= 0.3 is 0 Å². The number of carbonyl (C=O) groups is 2. The minimum Gasteiger partial charge on any atom is -0.492 e. The maximum Gasteiger partial charge on any atom is 0.299 e. The number of nitrogens with zero attached hydrogens (tertiary/aromatic N) is 1. The van der Waals surface area contributed by atoms with Gasteiger partial charge in [0.1, 0.15) is 18.1 Å². The second-order valence-corrected chi connectivity index (χ2v) is 5.79. The largest absolute Gasteiger partial charge is 0.492 e. The summed E-state index contributed by atoms with van der Waals surface area (Å²) >= 11 is 0. The highest BCUT2D eigenvalue weighted by Gasteiger charge is 2.34. The Morgan fingerprint density at radius 2 is 1.62 bits per heavy atom. The molecule has 1 aliphatic rings. The number of hydrogen-bond acceptors (Lipinski definition) is 4. The number of Topliss-reactive ketones (excluding diaryl/α,β-unsaturated/α-hetero) is 1. The molecule has 0 bridgehead atoms. The third kappa shape index (κ3) is 3.25. The van der Waals surface area contributed by atoms with Crippen LogP contribution < -0.4 is 14.4 Å². The number of amides is 1. The minimum atomic E-state index is -0.500. The molecule has 2 aromatic rings. The van der Waals surface area contributed by atoms with Gasteiger partial charge in [-0.05, 0) is 50.2 Å². The van der Waals surface area contributed by atoms with Crippen molar-refractivity contribution in [2.24, 2.45) is 0 Å². The summed E-state index contributed by atoms with van der Waals surface area (Å²) < 4.78 is 11.2. The van der Waals surface area contributed by atoms with Gasteiger partial charge in [-0.2, -0.15) is 0 Å². The van der Waals surface area contributed by atoms with Crippen LogP contribution in [-0.4, -0.2) is 30.9 Å². The number of para-hydroxylation sites is 1. The average molecular weight is 325 g/mol. The van der Waals surface area contributed by atoms with Crippen molar-refractivity contribution in [2.75, 3.05) is 18.1 Å². The Hall–Kier alpha value is -2.82. The summed E-state index contributed by atoms with van der Waals surface area (Å²) in [5.41, 5.74) is 1.11. The summed E-state index contributed by atoms with van der Waals surface area (Å²) in [6, 6.07) is 14.3. The molecule has 0 spiro atoms. The van der Waals surface area contributed by atoms with Crippen LogP contribution in [0.15, 0.2) is 48.5 Å². The summed E-state index contributed by atoms with van der Waals surface area (Å²) in [5.74, 6) is 0.519. The van der Waals surface area contributed by atoms with Gasteiger partial charge in [-0.15, -0.1) is 0 Å². The SMILES string of the molecule is CC(C)Oc1ccc(OCCN2C(=O)C(=O)c3ccccc32)cc1. The Labute approximate surface area is 140 Å². The van der Waals surface area contributed by atoms with E-state index in [2.05, 4.69) is 0 Å². The number of benzene rings is 2. The van der Waals surface area contributed by atoms with Crippen LogP contribution >= 0.6 is 0 Å². The molecule has 1 amide bonds. The standard InChI is InChI=1S/C19H19NO4/c1-13(2)24-15-9-7-14(8-10-15)23-12-11-20-17-6-4-3-5-16(17)18(21)19(20)22/h3-10,13H,11-12H2,1-2H3. The summed E-state index contributed by atoms with van der Waals surface area (Å²) in [7, 11) is 0. The number of anilines is 1. The number of rotatable bonds is 6. The van der Waals surface area contributed by atoms with Crippen molar-refractivity contribution in [3.63, 3.8) is 0 Å². The van der Waals surface area contributed by atoms with E-state index in [9.17, 15) is 9.59 Å². The molecular formula is C19H19NO4. The molecule has 0 atom stereocenters. The van der Waals surface area contributed by atoms with Gasteiger partial charge in [0, 0.05) is 0 Å². The highest BCUT2D eigenvalue weighted by atomic mass is 16.5. The van der Waals surface area contributed by atoms with E-state index in [4.69, 9.17) is 9.47 Å². The third-order valence-corrected chi connectivity index (χ3v) is 3.66. The Bertz CT molecular complexity index is 752. The molecule has 0 unspecified atom stereocenters. The van der Waals surface area contributed by atoms with Crippen molar-refractivity contribution in [3.8, 4) is 11.5 Å². The molecule has 1 heterocycles. The first kappa shape index (κ1) is 16.1. The second kappa shape index (κ2) is 6.74. The van der Waals surface area contributed by atoms with Crippen LogP contribution in [0, 0.1) is 0 Å². The van der Waals surface area contributed by atoms with Crippen LogP contribution in [0.25, 0.3) is 0 Å². The first-order valence-electron chi connectivity index (χ1n) is 7.91. The number of ether oxygens (including phenoxy) is 2. The fraction of sp³-hybridized carbons (Fsp3) is 0.263. The zero-order valence-corrected chi connectivity index (χ0v) is 13.7. The average Bonchev–Trinajstić information content (AvgIpc) is 2.81. The van der Waals surface area contributed by atoms with Crippen LogP contribution in [0.4, 0.5) is 5.69 Å².